The van der Waals surface area contributed by atoms with Gasteiger partial charge in [0.25, 0.3) is 0 Å². The van der Waals surface area contributed by atoms with Crippen molar-refractivity contribution in [2.24, 2.45) is 0 Å². The predicted octanol–water partition coefficient (Wildman–Crippen LogP) is 3.86. The Balaban J connectivity index is 1.53. The maximum atomic E-state index is 13.1. The lowest BCUT2D eigenvalue weighted by molar-refractivity contribution is 0.112. The molecule has 1 aliphatic heterocycles. The molecule has 2 heterocycles. The van der Waals surface area contributed by atoms with Crippen molar-refractivity contribution in [2.75, 3.05) is 31.1 Å². The monoisotopic (exact) mass is 437 g/mol. The first kappa shape index (κ1) is 21.5. The van der Waals surface area contributed by atoms with E-state index < -0.39 is 10.0 Å². The van der Waals surface area contributed by atoms with E-state index in [9.17, 15) is 13.2 Å². The molecule has 0 saturated carbocycles. The Morgan fingerprint density at radius 2 is 1.58 bits per heavy atom. The van der Waals surface area contributed by atoms with Crippen LogP contribution in [0.15, 0.2) is 59.5 Å². The first-order valence-corrected chi connectivity index (χ1v) is 11.8. The molecule has 0 amide bonds. The molecule has 0 spiro atoms. The number of para-hydroxylation sites is 1. The number of carbonyl (C=O) groups is 1. The van der Waals surface area contributed by atoms with Crippen molar-refractivity contribution in [2.45, 2.75) is 31.1 Å². The summed E-state index contributed by atoms with van der Waals surface area (Å²) in [5, 5.41) is 0.910. The summed E-state index contributed by atoms with van der Waals surface area (Å²) in [5.74, 6) is 0.611. The zero-order valence-electron chi connectivity index (χ0n) is 18.1. The summed E-state index contributed by atoms with van der Waals surface area (Å²) < 4.78 is 27.8. The highest BCUT2D eigenvalue weighted by Gasteiger charge is 2.30. The predicted molar refractivity (Wildman–Crippen MR) is 123 cm³/mol. The van der Waals surface area contributed by atoms with Gasteiger partial charge < -0.3 is 4.90 Å². The Labute approximate surface area is 183 Å². The van der Waals surface area contributed by atoms with Crippen molar-refractivity contribution >= 4 is 33.0 Å². The average Bonchev–Trinajstić information content (AvgIpc) is 2.77. The highest BCUT2D eigenvalue weighted by atomic mass is 32.2. The normalized spacial score (nSPS) is 15.9. The van der Waals surface area contributed by atoms with Crippen molar-refractivity contribution in [1.29, 1.82) is 0 Å². The third-order valence-electron chi connectivity index (χ3n) is 5.76. The first-order chi connectivity index (χ1) is 14.7. The summed E-state index contributed by atoms with van der Waals surface area (Å²) in [7, 11) is -3.56. The Kier molecular flexibility index (Phi) is 5.58. The van der Waals surface area contributed by atoms with Crippen molar-refractivity contribution in [3.8, 4) is 0 Å². The number of benzene rings is 2. The van der Waals surface area contributed by atoms with Gasteiger partial charge in [-0.05, 0) is 35.2 Å². The summed E-state index contributed by atoms with van der Waals surface area (Å²) in [6.45, 7) is 7.95. The first-order valence-electron chi connectivity index (χ1n) is 10.4. The van der Waals surface area contributed by atoms with Crippen LogP contribution in [0.5, 0.6) is 0 Å². The van der Waals surface area contributed by atoms with Gasteiger partial charge in [0, 0.05) is 31.6 Å². The van der Waals surface area contributed by atoms with E-state index in [1.807, 2.05) is 47.4 Å². The molecule has 0 radical (unpaired) electrons. The number of aromatic nitrogens is 1. The molecule has 1 aromatic heterocycles. The summed E-state index contributed by atoms with van der Waals surface area (Å²) in [4.78, 5) is 18.6. The lowest BCUT2D eigenvalue weighted by Gasteiger charge is -2.35. The molecule has 31 heavy (non-hydrogen) atoms. The number of hydrogen-bond acceptors (Lipinski definition) is 5. The number of nitrogens with zero attached hydrogens (tertiary/aromatic N) is 3. The van der Waals surface area contributed by atoms with E-state index in [1.165, 1.54) is 4.31 Å². The highest BCUT2D eigenvalue weighted by molar-refractivity contribution is 7.89. The number of pyridine rings is 1. The quantitative estimate of drug-likeness (QED) is 0.580. The van der Waals surface area contributed by atoms with Gasteiger partial charge in [0.15, 0.2) is 6.29 Å². The third kappa shape index (κ3) is 4.20. The zero-order valence-corrected chi connectivity index (χ0v) is 18.9. The number of aldehydes is 1. The molecule has 0 atom stereocenters. The number of anilines is 1. The smallest absolute Gasteiger partial charge is 0.243 e. The van der Waals surface area contributed by atoms with Crippen molar-refractivity contribution in [3.63, 3.8) is 0 Å². The van der Waals surface area contributed by atoms with Crippen LogP contribution in [0.2, 0.25) is 0 Å². The van der Waals surface area contributed by atoms with E-state index >= 15 is 0 Å². The fourth-order valence-corrected chi connectivity index (χ4v) is 5.30. The molecule has 3 aromatic rings. The number of hydrogen-bond donors (Lipinski definition) is 0. The van der Waals surface area contributed by atoms with Gasteiger partial charge in [-0.2, -0.15) is 4.31 Å². The van der Waals surface area contributed by atoms with Crippen molar-refractivity contribution < 1.29 is 13.2 Å². The van der Waals surface area contributed by atoms with Crippen LogP contribution in [-0.4, -0.2) is 50.2 Å². The minimum absolute atomic E-state index is 0.0307. The van der Waals surface area contributed by atoms with E-state index in [0.29, 0.717) is 42.5 Å². The molecule has 0 unspecified atom stereocenters. The van der Waals surface area contributed by atoms with E-state index in [1.54, 1.807) is 12.1 Å². The summed E-state index contributed by atoms with van der Waals surface area (Å²) in [6.07, 6.45) is 0.814. The fourth-order valence-electron chi connectivity index (χ4n) is 3.88. The second kappa shape index (κ2) is 8.05. The van der Waals surface area contributed by atoms with E-state index in [-0.39, 0.29) is 5.41 Å². The van der Waals surface area contributed by atoms with Crippen molar-refractivity contribution in [1.82, 2.24) is 9.29 Å². The molecule has 1 fully saturated rings. The molecule has 1 aliphatic rings. The Morgan fingerprint density at radius 1 is 0.935 bits per heavy atom. The standard InChI is InChI=1S/C24H27N3O3S/c1-24(2,3)20-8-10-21(11-9-20)31(29,30)27-14-12-26(13-15-27)23-19(17-28)16-18-6-4-5-7-22(18)25-23/h4-11,16-17H,12-15H2,1-3H3. The molecular formula is C24H27N3O3S. The molecule has 0 N–H and O–H groups in total. The van der Waals surface area contributed by atoms with E-state index in [0.717, 1.165) is 22.8 Å². The maximum Gasteiger partial charge on any atom is 0.243 e. The minimum atomic E-state index is -3.56. The van der Waals surface area contributed by atoms with Crippen LogP contribution >= 0.6 is 0 Å². The Hall–Kier alpha value is -2.77. The molecule has 7 heteroatoms. The summed E-state index contributed by atoms with van der Waals surface area (Å²) in [5.41, 5.74) is 2.40. The average molecular weight is 438 g/mol. The molecule has 4 rings (SSSR count). The minimum Gasteiger partial charge on any atom is -0.353 e. The number of rotatable bonds is 4. The molecule has 0 bridgehead atoms. The lowest BCUT2D eigenvalue weighted by atomic mass is 9.87. The van der Waals surface area contributed by atoms with Crippen LogP contribution < -0.4 is 4.90 Å². The van der Waals surface area contributed by atoms with E-state index in [4.69, 9.17) is 0 Å². The number of piperazine rings is 1. The van der Waals surface area contributed by atoms with Gasteiger partial charge in [-0.25, -0.2) is 13.4 Å². The third-order valence-corrected chi connectivity index (χ3v) is 7.67. The van der Waals surface area contributed by atoms with Gasteiger partial charge in [0.05, 0.1) is 16.0 Å². The molecule has 6 nitrogen and oxygen atoms in total. The number of fused-ring (bicyclic) bond motifs is 1. The Bertz CT molecular complexity index is 1210. The van der Waals surface area contributed by atoms with Crippen LogP contribution in [0.1, 0.15) is 36.7 Å². The fraction of sp³-hybridized carbons (Fsp3) is 0.333. The van der Waals surface area contributed by atoms with Crippen LogP contribution in [0.4, 0.5) is 5.82 Å². The van der Waals surface area contributed by atoms with Gasteiger partial charge in [0.1, 0.15) is 5.82 Å². The van der Waals surface area contributed by atoms with E-state index in [2.05, 4.69) is 25.8 Å². The lowest BCUT2D eigenvalue weighted by Crippen LogP contribution is -2.49. The number of sulfonamides is 1. The second-order valence-corrected chi connectivity index (χ2v) is 10.8. The van der Waals surface area contributed by atoms with Crippen LogP contribution in [0, 0.1) is 0 Å². The Morgan fingerprint density at radius 3 is 2.19 bits per heavy atom. The van der Waals surface area contributed by atoms with Crippen LogP contribution in [0.25, 0.3) is 10.9 Å². The molecule has 2 aromatic carbocycles. The summed E-state index contributed by atoms with van der Waals surface area (Å²) in [6, 6.07) is 16.7. The topological polar surface area (TPSA) is 70.6 Å². The van der Waals surface area contributed by atoms with Gasteiger partial charge in [-0.1, -0.05) is 51.1 Å². The largest absolute Gasteiger partial charge is 0.353 e. The molecule has 0 aliphatic carbocycles. The summed E-state index contributed by atoms with van der Waals surface area (Å²) >= 11 is 0. The van der Waals surface area contributed by atoms with Gasteiger partial charge in [0.2, 0.25) is 10.0 Å². The SMILES string of the molecule is CC(C)(C)c1ccc(S(=O)(=O)N2CCN(c3nc4ccccc4cc3C=O)CC2)cc1. The van der Waals surface area contributed by atoms with Crippen LogP contribution in [-0.2, 0) is 15.4 Å². The zero-order chi connectivity index (χ0) is 22.2. The maximum absolute atomic E-state index is 13.1. The molecule has 1 saturated heterocycles. The molecular weight excluding hydrogens is 410 g/mol. The highest BCUT2D eigenvalue weighted by Crippen LogP contribution is 2.27. The van der Waals surface area contributed by atoms with Crippen LogP contribution in [0.3, 0.4) is 0 Å². The van der Waals surface area contributed by atoms with Gasteiger partial charge >= 0.3 is 0 Å². The second-order valence-electron chi connectivity index (χ2n) is 8.88. The van der Waals surface area contributed by atoms with Gasteiger partial charge in [-0.3, -0.25) is 4.79 Å². The molecule has 162 valence electrons. The van der Waals surface area contributed by atoms with Crippen molar-refractivity contribution in [3.05, 3.63) is 65.7 Å². The van der Waals surface area contributed by atoms with Gasteiger partial charge in [-0.15, -0.1) is 0 Å². The number of carbonyl (C=O) groups excluding carboxylic acids is 1.